The fourth-order valence-electron chi connectivity index (χ4n) is 3.80. The summed E-state index contributed by atoms with van der Waals surface area (Å²) >= 11 is 0. The van der Waals surface area contributed by atoms with E-state index in [1.807, 2.05) is 48.5 Å². The van der Waals surface area contributed by atoms with Crippen molar-refractivity contribution in [3.8, 4) is 11.8 Å². The maximum Gasteiger partial charge on any atom is 0.227 e. The van der Waals surface area contributed by atoms with E-state index in [0.717, 1.165) is 41.6 Å². The average molecular weight is 510 g/mol. The molecule has 36 heavy (non-hydrogen) atoms. The second kappa shape index (κ2) is 13.4. The van der Waals surface area contributed by atoms with Crippen molar-refractivity contribution in [2.24, 2.45) is 0 Å². The molecule has 2 amide bonds. The third-order valence-corrected chi connectivity index (χ3v) is 7.84. The van der Waals surface area contributed by atoms with E-state index < -0.39 is 13.3 Å². The van der Waals surface area contributed by atoms with Gasteiger partial charge in [-0.1, -0.05) is 68.9 Å². The number of unbranched alkanes of at least 4 members (excludes halogenated alkanes) is 3. The number of hydrogen-bond acceptors (Lipinski definition) is 5. The summed E-state index contributed by atoms with van der Waals surface area (Å²) in [7, 11) is -3.75. The molecule has 1 aliphatic rings. The fourth-order valence-corrected chi connectivity index (χ4v) is 4.48. The van der Waals surface area contributed by atoms with Gasteiger partial charge >= 0.3 is 0 Å². The molecule has 2 aromatic rings. The minimum atomic E-state index is -3.75. The summed E-state index contributed by atoms with van der Waals surface area (Å²) in [5.41, 5.74) is 2.91. The first-order chi connectivity index (χ1) is 17.3. The van der Waals surface area contributed by atoms with Crippen LogP contribution in [-0.4, -0.2) is 30.6 Å². The Kier molecular flexibility index (Phi) is 10.3. The Hall–Kier alpha value is -2.91. The molecule has 8 heteroatoms. The molecule has 192 valence electrons. The first kappa shape index (κ1) is 27.7. The summed E-state index contributed by atoms with van der Waals surface area (Å²) < 4.78 is 16.6. The van der Waals surface area contributed by atoms with E-state index in [-0.39, 0.29) is 31.3 Å². The molecule has 7 nitrogen and oxygen atoms in total. The monoisotopic (exact) mass is 509 g/mol. The summed E-state index contributed by atoms with van der Waals surface area (Å²) in [5, 5.41) is 2.87. The number of rotatable bonds is 12. The molecule has 0 aromatic heterocycles. The molecule has 1 atom stereocenters. The SMILES string of the molecule is CC(C)P(=O)([O-])OCCCCCCNC(=O)CCC(=O)N1Cc2ccccc2C#Cc2ccccc21. The van der Waals surface area contributed by atoms with E-state index in [4.69, 9.17) is 4.52 Å². The highest BCUT2D eigenvalue weighted by molar-refractivity contribution is 7.52. The van der Waals surface area contributed by atoms with Crippen LogP contribution in [0.1, 0.15) is 69.1 Å². The van der Waals surface area contributed by atoms with Gasteiger partial charge in [0.15, 0.2) is 0 Å². The topological polar surface area (TPSA) is 98.8 Å². The van der Waals surface area contributed by atoms with Crippen LogP contribution < -0.4 is 15.1 Å². The number of benzene rings is 2. The predicted molar refractivity (Wildman–Crippen MR) is 139 cm³/mol. The second-order valence-electron chi connectivity index (χ2n) is 9.14. The Bertz CT molecular complexity index is 1170. The lowest BCUT2D eigenvalue weighted by molar-refractivity contribution is -0.200. The van der Waals surface area contributed by atoms with Gasteiger partial charge in [0.2, 0.25) is 11.8 Å². The molecule has 0 saturated carbocycles. The Morgan fingerprint density at radius 2 is 1.67 bits per heavy atom. The van der Waals surface area contributed by atoms with Crippen LogP contribution in [0.3, 0.4) is 0 Å². The fraction of sp³-hybridized carbons (Fsp3) is 0.429. The first-order valence-electron chi connectivity index (χ1n) is 12.5. The maximum absolute atomic E-state index is 13.2. The van der Waals surface area contributed by atoms with Crippen LogP contribution >= 0.6 is 7.60 Å². The summed E-state index contributed by atoms with van der Waals surface area (Å²) in [6.45, 7) is 4.33. The minimum absolute atomic E-state index is 0.109. The number of hydrogen-bond donors (Lipinski definition) is 1. The smallest absolute Gasteiger partial charge is 0.227 e. The van der Waals surface area contributed by atoms with Gasteiger partial charge in [0, 0.05) is 36.2 Å². The standard InChI is InChI=1S/C28H35N2O5P/c1-22(2)36(33,34)35-20-10-4-3-9-19-29-27(31)17-18-28(32)30-21-25-13-6-5-11-23(25)15-16-24-12-7-8-14-26(24)30/h5-8,11-14,22H,3-4,9-10,17-21H2,1-2H3,(H,29,31)(H,33,34)/p-1. The first-order valence-corrected chi connectivity index (χ1v) is 14.1. The number of carbonyl (C=O) groups is 2. The number of para-hydroxylation sites is 1. The molecular formula is C28H34N2O5P-. The highest BCUT2D eigenvalue weighted by Crippen LogP contribution is 2.42. The molecular weight excluding hydrogens is 475 g/mol. The van der Waals surface area contributed by atoms with Crippen molar-refractivity contribution in [1.29, 1.82) is 0 Å². The van der Waals surface area contributed by atoms with Gasteiger partial charge in [-0.2, -0.15) is 0 Å². The van der Waals surface area contributed by atoms with E-state index in [0.29, 0.717) is 19.5 Å². The number of nitrogens with one attached hydrogen (secondary N) is 1. The Morgan fingerprint density at radius 1 is 1.00 bits per heavy atom. The summed E-state index contributed by atoms with van der Waals surface area (Å²) in [5.74, 6) is 6.10. The van der Waals surface area contributed by atoms with Gasteiger partial charge in [-0.3, -0.25) is 9.59 Å². The molecule has 0 radical (unpaired) electrons. The maximum atomic E-state index is 13.2. The van der Waals surface area contributed by atoms with Crippen molar-refractivity contribution in [3.63, 3.8) is 0 Å². The third kappa shape index (κ3) is 8.06. The molecule has 1 N–H and O–H groups in total. The lowest BCUT2D eigenvalue weighted by Gasteiger charge is -2.26. The van der Waals surface area contributed by atoms with Crippen molar-refractivity contribution in [2.45, 2.75) is 64.6 Å². The highest BCUT2D eigenvalue weighted by Gasteiger charge is 2.21. The highest BCUT2D eigenvalue weighted by atomic mass is 31.2. The zero-order valence-electron chi connectivity index (χ0n) is 21.0. The van der Waals surface area contributed by atoms with Crippen LogP contribution in [0, 0.1) is 11.8 Å². The molecule has 1 heterocycles. The normalized spacial score (nSPS) is 13.9. The van der Waals surface area contributed by atoms with Crippen molar-refractivity contribution in [2.75, 3.05) is 18.1 Å². The zero-order chi connectivity index (χ0) is 26.0. The van der Waals surface area contributed by atoms with Crippen molar-refractivity contribution in [3.05, 3.63) is 65.2 Å². The van der Waals surface area contributed by atoms with Crippen LogP contribution in [0.25, 0.3) is 0 Å². The molecule has 0 spiro atoms. The molecule has 2 aromatic carbocycles. The van der Waals surface area contributed by atoms with Gasteiger partial charge in [0.05, 0.1) is 18.8 Å². The largest absolute Gasteiger partial charge is 0.778 e. The van der Waals surface area contributed by atoms with Crippen LogP contribution in [0.15, 0.2) is 48.5 Å². The molecule has 3 rings (SSSR count). The molecule has 0 bridgehead atoms. The Balaban J connectivity index is 1.42. The molecule has 0 saturated heterocycles. The molecule has 0 fully saturated rings. The minimum Gasteiger partial charge on any atom is -0.778 e. The number of fused-ring (bicyclic) bond motifs is 2. The van der Waals surface area contributed by atoms with E-state index in [1.54, 1.807) is 18.7 Å². The van der Waals surface area contributed by atoms with Crippen molar-refractivity contribution in [1.82, 2.24) is 5.32 Å². The molecule has 1 unspecified atom stereocenters. The van der Waals surface area contributed by atoms with Gasteiger partial charge in [-0.05, 0) is 36.6 Å². The number of anilines is 1. The van der Waals surface area contributed by atoms with Crippen LogP contribution in [0.4, 0.5) is 5.69 Å². The number of amides is 2. The summed E-state index contributed by atoms with van der Waals surface area (Å²) in [4.78, 5) is 38.8. The molecule has 1 aliphatic heterocycles. The Morgan fingerprint density at radius 3 is 2.44 bits per heavy atom. The summed E-state index contributed by atoms with van der Waals surface area (Å²) in [6.07, 6.45) is 3.36. The average Bonchev–Trinajstić information content (AvgIpc) is 2.85. The van der Waals surface area contributed by atoms with Crippen LogP contribution in [0.2, 0.25) is 0 Å². The van der Waals surface area contributed by atoms with Gasteiger partial charge < -0.3 is 24.2 Å². The Labute approximate surface area is 213 Å². The van der Waals surface area contributed by atoms with Crippen LogP contribution in [-0.2, 0) is 25.2 Å². The summed E-state index contributed by atoms with van der Waals surface area (Å²) in [6, 6.07) is 15.4. The predicted octanol–water partition coefficient (Wildman–Crippen LogP) is 4.37. The van der Waals surface area contributed by atoms with Crippen molar-refractivity contribution >= 4 is 25.1 Å². The second-order valence-corrected chi connectivity index (χ2v) is 11.5. The van der Waals surface area contributed by atoms with Gasteiger partial charge in [0.1, 0.15) is 7.60 Å². The molecule has 0 aliphatic carbocycles. The zero-order valence-corrected chi connectivity index (χ0v) is 21.9. The quantitative estimate of drug-likeness (QED) is 0.260. The van der Waals surface area contributed by atoms with E-state index in [1.165, 1.54) is 0 Å². The number of carbonyl (C=O) groups excluding carboxylic acids is 2. The van der Waals surface area contributed by atoms with E-state index >= 15 is 0 Å². The third-order valence-electron chi connectivity index (χ3n) is 6.04. The lowest BCUT2D eigenvalue weighted by atomic mass is 10.0. The van der Waals surface area contributed by atoms with Gasteiger partial charge in [-0.25, -0.2) is 0 Å². The van der Waals surface area contributed by atoms with Gasteiger partial charge in [0.25, 0.3) is 0 Å². The van der Waals surface area contributed by atoms with E-state index in [9.17, 15) is 19.0 Å². The van der Waals surface area contributed by atoms with Gasteiger partial charge in [-0.15, -0.1) is 0 Å². The van der Waals surface area contributed by atoms with Crippen LogP contribution in [0.5, 0.6) is 0 Å². The number of nitrogens with zero attached hydrogens (tertiary/aromatic N) is 1. The van der Waals surface area contributed by atoms with Crippen molar-refractivity contribution < 1.29 is 23.6 Å². The lowest BCUT2D eigenvalue weighted by Crippen LogP contribution is -2.33. The van der Waals surface area contributed by atoms with E-state index in [2.05, 4.69) is 17.2 Å².